The first kappa shape index (κ1) is 12.0. The molecule has 3 nitrogen and oxygen atoms in total. The van der Waals surface area contributed by atoms with Gasteiger partial charge in [-0.15, -0.1) is 0 Å². The van der Waals surface area contributed by atoms with Crippen molar-refractivity contribution in [3.8, 4) is 0 Å². The Labute approximate surface area is 90.5 Å². The van der Waals surface area contributed by atoms with Crippen molar-refractivity contribution >= 4 is 11.8 Å². The van der Waals surface area contributed by atoms with Crippen LogP contribution in [-0.2, 0) is 14.3 Å². The Morgan fingerprint density at radius 1 is 1.53 bits per heavy atom. The summed E-state index contributed by atoms with van der Waals surface area (Å²) in [5.41, 5.74) is -0.425. The smallest absolute Gasteiger partial charge is 0.306 e. The van der Waals surface area contributed by atoms with Gasteiger partial charge in [-0.1, -0.05) is 6.08 Å². The van der Waals surface area contributed by atoms with E-state index in [4.69, 9.17) is 4.74 Å². The largest absolute Gasteiger partial charge is 0.460 e. The molecule has 1 unspecified atom stereocenters. The Bertz CT molecular complexity index is 284. The van der Waals surface area contributed by atoms with Crippen LogP contribution in [0.4, 0.5) is 0 Å². The summed E-state index contributed by atoms with van der Waals surface area (Å²) in [5, 5.41) is 0. The molecule has 0 spiro atoms. The van der Waals surface area contributed by atoms with Crippen LogP contribution in [0.15, 0.2) is 12.2 Å². The molecule has 84 valence electrons. The van der Waals surface area contributed by atoms with Crippen LogP contribution in [0.25, 0.3) is 0 Å². The number of carbonyl (C=O) groups is 2. The first-order valence-corrected chi connectivity index (χ1v) is 5.30. The number of carbonyl (C=O) groups excluding carboxylic acids is 2. The number of rotatable bonds is 2. The maximum atomic E-state index is 11.5. The maximum absolute atomic E-state index is 11.5. The minimum absolute atomic E-state index is 0.149. The van der Waals surface area contributed by atoms with E-state index in [1.165, 1.54) is 0 Å². The zero-order chi connectivity index (χ0) is 11.5. The van der Waals surface area contributed by atoms with E-state index in [1.54, 1.807) is 6.08 Å². The summed E-state index contributed by atoms with van der Waals surface area (Å²) in [5.74, 6) is 0.125. The van der Waals surface area contributed by atoms with Crippen LogP contribution in [0.3, 0.4) is 0 Å². The number of hydrogen-bond acceptors (Lipinski definition) is 3. The van der Waals surface area contributed by atoms with E-state index >= 15 is 0 Å². The molecule has 0 amide bonds. The third-order valence-electron chi connectivity index (χ3n) is 2.16. The summed E-state index contributed by atoms with van der Waals surface area (Å²) >= 11 is 0. The topological polar surface area (TPSA) is 43.4 Å². The van der Waals surface area contributed by atoms with E-state index in [1.807, 2.05) is 26.8 Å². The fourth-order valence-corrected chi connectivity index (χ4v) is 1.52. The van der Waals surface area contributed by atoms with Gasteiger partial charge >= 0.3 is 5.97 Å². The highest BCUT2D eigenvalue weighted by molar-refractivity contribution is 5.90. The quantitative estimate of drug-likeness (QED) is 0.656. The first-order valence-electron chi connectivity index (χ1n) is 5.30. The van der Waals surface area contributed by atoms with Gasteiger partial charge in [0.25, 0.3) is 0 Å². The highest BCUT2D eigenvalue weighted by Gasteiger charge is 2.21. The molecule has 0 saturated carbocycles. The van der Waals surface area contributed by atoms with Crippen LogP contribution in [0, 0.1) is 5.92 Å². The number of esters is 1. The van der Waals surface area contributed by atoms with Crippen molar-refractivity contribution < 1.29 is 14.3 Å². The zero-order valence-electron chi connectivity index (χ0n) is 9.58. The molecule has 1 aliphatic carbocycles. The standard InChI is InChI=1S/C12H18O3/c1-12(2,3)15-11(14)8-9-4-6-10(13)7-5-9/h4,6,9H,5,7-8H2,1-3H3. The van der Waals surface area contributed by atoms with Gasteiger partial charge in [0, 0.05) is 6.42 Å². The zero-order valence-corrected chi connectivity index (χ0v) is 9.58. The minimum atomic E-state index is -0.425. The summed E-state index contributed by atoms with van der Waals surface area (Å²) < 4.78 is 5.21. The Morgan fingerprint density at radius 3 is 2.67 bits per heavy atom. The Hall–Kier alpha value is -1.12. The second-order valence-corrected chi connectivity index (χ2v) is 4.91. The van der Waals surface area contributed by atoms with Crippen LogP contribution < -0.4 is 0 Å². The molecule has 1 atom stereocenters. The van der Waals surface area contributed by atoms with Crippen molar-refractivity contribution in [2.45, 2.75) is 45.6 Å². The molecule has 1 aliphatic rings. The fourth-order valence-electron chi connectivity index (χ4n) is 1.52. The molecule has 1 rings (SSSR count). The lowest BCUT2D eigenvalue weighted by molar-refractivity contribution is -0.155. The predicted octanol–water partition coefficient (Wildman–Crippen LogP) is 2.25. The first-order chi connectivity index (χ1) is 6.87. The summed E-state index contributed by atoms with van der Waals surface area (Å²) in [6.07, 6.45) is 5.06. The van der Waals surface area contributed by atoms with Crippen molar-refractivity contribution in [2.75, 3.05) is 0 Å². The fraction of sp³-hybridized carbons (Fsp3) is 0.667. The summed E-state index contributed by atoms with van der Waals surface area (Å²) in [7, 11) is 0. The van der Waals surface area contributed by atoms with Gasteiger partial charge in [0.05, 0.1) is 6.42 Å². The SMILES string of the molecule is CC(C)(C)OC(=O)CC1C=CC(=O)CC1. The number of hydrogen-bond donors (Lipinski definition) is 0. The number of ketones is 1. The normalized spacial score (nSPS) is 21.5. The number of ether oxygens (including phenoxy) is 1. The van der Waals surface area contributed by atoms with E-state index in [0.717, 1.165) is 6.42 Å². The monoisotopic (exact) mass is 210 g/mol. The van der Waals surface area contributed by atoms with Gasteiger partial charge in [0.15, 0.2) is 5.78 Å². The van der Waals surface area contributed by atoms with Crippen molar-refractivity contribution in [2.24, 2.45) is 5.92 Å². The molecule has 0 aromatic carbocycles. The molecule has 15 heavy (non-hydrogen) atoms. The Balaban J connectivity index is 2.39. The second-order valence-electron chi connectivity index (χ2n) is 4.91. The molecule has 0 aromatic rings. The van der Waals surface area contributed by atoms with Gasteiger partial charge in [-0.25, -0.2) is 0 Å². The van der Waals surface area contributed by atoms with Crippen molar-refractivity contribution in [1.82, 2.24) is 0 Å². The third-order valence-corrected chi connectivity index (χ3v) is 2.16. The lowest BCUT2D eigenvalue weighted by Gasteiger charge is -2.21. The summed E-state index contributed by atoms with van der Waals surface area (Å²) in [6.45, 7) is 5.56. The van der Waals surface area contributed by atoms with Crippen LogP contribution in [0.2, 0.25) is 0 Å². The van der Waals surface area contributed by atoms with Crippen LogP contribution in [0.1, 0.15) is 40.0 Å². The molecule has 3 heteroatoms. The molecule has 0 bridgehead atoms. The van der Waals surface area contributed by atoms with Crippen LogP contribution >= 0.6 is 0 Å². The van der Waals surface area contributed by atoms with E-state index in [-0.39, 0.29) is 17.7 Å². The van der Waals surface area contributed by atoms with Gasteiger partial charge in [-0.05, 0) is 39.2 Å². The van der Waals surface area contributed by atoms with Crippen LogP contribution in [0.5, 0.6) is 0 Å². The molecule has 0 saturated heterocycles. The summed E-state index contributed by atoms with van der Waals surface area (Å²) in [4.78, 5) is 22.4. The molecule has 0 fully saturated rings. The maximum Gasteiger partial charge on any atom is 0.306 e. The van der Waals surface area contributed by atoms with Gasteiger partial charge in [0.2, 0.25) is 0 Å². The molecule has 0 aliphatic heterocycles. The van der Waals surface area contributed by atoms with Gasteiger partial charge in [-0.2, -0.15) is 0 Å². The molecule has 0 N–H and O–H groups in total. The molecular weight excluding hydrogens is 192 g/mol. The van der Waals surface area contributed by atoms with Crippen molar-refractivity contribution in [3.63, 3.8) is 0 Å². The second kappa shape index (κ2) is 4.60. The molecule has 0 aromatic heterocycles. The average molecular weight is 210 g/mol. The lowest BCUT2D eigenvalue weighted by Crippen LogP contribution is -2.25. The molecular formula is C12H18O3. The predicted molar refractivity (Wildman–Crippen MR) is 57.3 cm³/mol. The molecule has 0 heterocycles. The van der Waals surface area contributed by atoms with Crippen molar-refractivity contribution in [3.05, 3.63) is 12.2 Å². The summed E-state index contributed by atoms with van der Waals surface area (Å²) in [6, 6.07) is 0. The van der Waals surface area contributed by atoms with Gasteiger partial charge in [0.1, 0.15) is 5.60 Å². The third kappa shape index (κ3) is 4.77. The highest BCUT2D eigenvalue weighted by atomic mass is 16.6. The Kier molecular flexibility index (Phi) is 3.66. The Morgan fingerprint density at radius 2 is 2.20 bits per heavy atom. The van der Waals surface area contributed by atoms with Gasteiger partial charge < -0.3 is 4.74 Å². The van der Waals surface area contributed by atoms with Crippen molar-refractivity contribution in [1.29, 1.82) is 0 Å². The lowest BCUT2D eigenvalue weighted by atomic mass is 9.92. The molecule has 0 radical (unpaired) electrons. The van der Waals surface area contributed by atoms with E-state index in [2.05, 4.69) is 0 Å². The average Bonchev–Trinajstić information content (AvgIpc) is 2.05. The van der Waals surface area contributed by atoms with E-state index in [0.29, 0.717) is 12.8 Å². The highest BCUT2D eigenvalue weighted by Crippen LogP contribution is 2.20. The van der Waals surface area contributed by atoms with E-state index in [9.17, 15) is 9.59 Å². The minimum Gasteiger partial charge on any atom is -0.460 e. The number of allylic oxidation sites excluding steroid dienone is 2. The van der Waals surface area contributed by atoms with Crippen LogP contribution in [-0.4, -0.2) is 17.4 Å². The van der Waals surface area contributed by atoms with E-state index < -0.39 is 5.60 Å². The van der Waals surface area contributed by atoms with Gasteiger partial charge in [-0.3, -0.25) is 9.59 Å².